The molecule has 1 atom stereocenters. The first-order chi connectivity index (χ1) is 9.52. The average Bonchev–Trinajstić information content (AvgIpc) is 2.37. The lowest BCUT2D eigenvalue weighted by atomic mass is 10.1. The molecule has 1 aromatic carbocycles. The smallest absolute Gasteiger partial charge is 0.241 e. The first kappa shape index (κ1) is 15.4. The Kier molecular flexibility index (Phi) is 5.11. The highest BCUT2D eigenvalue weighted by Gasteiger charge is 2.31. The van der Waals surface area contributed by atoms with Gasteiger partial charge in [-0.3, -0.25) is 9.69 Å². The molecule has 110 valence electrons. The van der Waals surface area contributed by atoms with Gasteiger partial charge < -0.3 is 4.90 Å². The lowest BCUT2D eigenvalue weighted by Gasteiger charge is -2.40. The molecule has 1 amide bonds. The van der Waals surface area contributed by atoms with Gasteiger partial charge in [0, 0.05) is 24.0 Å². The quantitative estimate of drug-likeness (QED) is 0.797. The number of benzene rings is 1. The second kappa shape index (κ2) is 6.64. The zero-order chi connectivity index (χ0) is 14.7. The lowest BCUT2D eigenvalue weighted by molar-refractivity contribution is -0.122. The van der Waals surface area contributed by atoms with Crippen LogP contribution in [-0.4, -0.2) is 42.7 Å². The SMILES string of the molecule is CSc1ccccc1N1C(=O)CN(CC(C)C)CC1C. The van der Waals surface area contributed by atoms with E-state index < -0.39 is 0 Å². The molecule has 0 spiro atoms. The molecule has 0 radical (unpaired) electrons. The third-order valence-corrected chi connectivity index (χ3v) is 4.34. The van der Waals surface area contributed by atoms with Crippen LogP contribution in [0, 0.1) is 5.92 Å². The van der Waals surface area contributed by atoms with Crippen LogP contribution in [0.4, 0.5) is 5.69 Å². The molecule has 1 saturated heterocycles. The molecule has 1 fully saturated rings. The van der Waals surface area contributed by atoms with Crippen molar-refractivity contribution in [3.63, 3.8) is 0 Å². The van der Waals surface area contributed by atoms with Crippen molar-refractivity contribution in [3.8, 4) is 0 Å². The predicted molar refractivity (Wildman–Crippen MR) is 86.4 cm³/mol. The fourth-order valence-electron chi connectivity index (χ4n) is 2.89. The third kappa shape index (κ3) is 3.36. The van der Waals surface area contributed by atoms with Crippen LogP contribution in [0.15, 0.2) is 29.2 Å². The van der Waals surface area contributed by atoms with Crippen LogP contribution < -0.4 is 4.90 Å². The zero-order valence-electron chi connectivity index (χ0n) is 12.8. The van der Waals surface area contributed by atoms with Crippen LogP contribution >= 0.6 is 11.8 Å². The van der Waals surface area contributed by atoms with E-state index >= 15 is 0 Å². The first-order valence-electron chi connectivity index (χ1n) is 7.20. The molecular weight excluding hydrogens is 268 g/mol. The maximum absolute atomic E-state index is 12.5. The molecule has 1 heterocycles. The van der Waals surface area contributed by atoms with Crippen molar-refractivity contribution in [2.45, 2.75) is 31.7 Å². The summed E-state index contributed by atoms with van der Waals surface area (Å²) >= 11 is 1.70. The molecule has 1 aromatic rings. The van der Waals surface area contributed by atoms with Gasteiger partial charge >= 0.3 is 0 Å². The van der Waals surface area contributed by atoms with Gasteiger partial charge in [-0.2, -0.15) is 0 Å². The lowest BCUT2D eigenvalue weighted by Crippen LogP contribution is -2.56. The van der Waals surface area contributed by atoms with Gasteiger partial charge in [-0.15, -0.1) is 11.8 Å². The van der Waals surface area contributed by atoms with Crippen LogP contribution in [0.5, 0.6) is 0 Å². The van der Waals surface area contributed by atoms with E-state index in [-0.39, 0.29) is 11.9 Å². The molecule has 2 rings (SSSR count). The van der Waals surface area contributed by atoms with Gasteiger partial charge in [0.15, 0.2) is 0 Å². The molecular formula is C16H24N2OS. The standard InChI is InChI=1S/C16H24N2OS/c1-12(2)9-17-10-13(3)18(16(19)11-17)14-7-5-6-8-15(14)20-4/h5-8,12-13H,9-11H2,1-4H3. The predicted octanol–water partition coefficient (Wildman–Crippen LogP) is 3.10. The molecule has 1 aliphatic rings. The highest BCUT2D eigenvalue weighted by Crippen LogP contribution is 2.31. The van der Waals surface area contributed by atoms with Crippen LogP contribution in [0.1, 0.15) is 20.8 Å². The van der Waals surface area contributed by atoms with Crippen molar-refractivity contribution in [3.05, 3.63) is 24.3 Å². The van der Waals surface area contributed by atoms with Crippen molar-refractivity contribution in [2.75, 3.05) is 30.8 Å². The van der Waals surface area contributed by atoms with Gasteiger partial charge in [0.05, 0.1) is 12.2 Å². The molecule has 0 saturated carbocycles. The summed E-state index contributed by atoms with van der Waals surface area (Å²) in [6, 6.07) is 8.40. The fraction of sp³-hybridized carbons (Fsp3) is 0.562. The van der Waals surface area contributed by atoms with Crippen molar-refractivity contribution >= 4 is 23.4 Å². The summed E-state index contributed by atoms with van der Waals surface area (Å²) in [5.41, 5.74) is 1.06. The Labute approximate surface area is 126 Å². The van der Waals surface area contributed by atoms with Gasteiger partial charge in [0.2, 0.25) is 5.91 Å². The summed E-state index contributed by atoms with van der Waals surface area (Å²) in [5, 5.41) is 0. The van der Waals surface area contributed by atoms with Gasteiger partial charge in [0.1, 0.15) is 0 Å². The molecule has 0 N–H and O–H groups in total. The second-order valence-corrected chi connectivity index (χ2v) is 6.72. The van der Waals surface area contributed by atoms with Crippen LogP contribution in [0.2, 0.25) is 0 Å². The van der Waals surface area contributed by atoms with E-state index in [0.717, 1.165) is 18.8 Å². The van der Waals surface area contributed by atoms with Gasteiger partial charge in [-0.05, 0) is 31.2 Å². The number of nitrogens with zero attached hydrogens (tertiary/aromatic N) is 2. The maximum Gasteiger partial charge on any atom is 0.241 e. The Morgan fingerprint density at radius 3 is 2.65 bits per heavy atom. The molecule has 1 unspecified atom stereocenters. The molecule has 0 bridgehead atoms. The van der Waals surface area contributed by atoms with Crippen LogP contribution in [0.25, 0.3) is 0 Å². The summed E-state index contributed by atoms with van der Waals surface area (Å²) in [6.07, 6.45) is 2.06. The summed E-state index contributed by atoms with van der Waals surface area (Å²) in [6.45, 7) is 9.02. The van der Waals surface area contributed by atoms with Crippen molar-refractivity contribution in [2.24, 2.45) is 5.92 Å². The number of carbonyl (C=O) groups is 1. The van der Waals surface area contributed by atoms with E-state index in [1.807, 2.05) is 17.0 Å². The number of para-hydroxylation sites is 1. The Balaban J connectivity index is 2.19. The topological polar surface area (TPSA) is 23.6 Å². The van der Waals surface area contributed by atoms with Crippen molar-refractivity contribution in [1.82, 2.24) is 4.90 Å². The number of rotatable bonds is 4. The van der Waals surface area contributed by atoms with E-state index in [1.54, 1.807) is 11.8 Å². The minimum atomic E-state index is 0.214. The first-order valence-corrected chi connectivity index (χ1v) is 8.42. The minimum absolute atomic E-state index is 0.214. The van der Waals surface area contributed by atoms with E-state index in [2.05, 4.69) is 44.1 Å². The number of hydrogen-bond donors (Lipinski definition) is 0. The number of thioether (sulfide) groups is 1. The van der Waals surface area contributed by atoms with Gasteiger partial charge in [-0.1, -0.05) is 26.0 Å². The largest absolute Gasteiger partial charge is 0.306 e. The molecule has 0 aliphatic carbocycles. The van der Waals surface area contributed by atoms with Crippen molar-refractivity contribution in [1.29, 1.82) is 0 Å². The number of piperazine rings is 1. The molecule has 3 nitrogen and oxygen atoms in total. The van der Waals surface area contributed by atoms with Gasteiger partial charge in [-0.25, -0.2) is 0 Å². The monoisotopic (exact) mass is 292 g/mol. The van der Waals surface area contributed by atoms with E-state index in [1.165, 1.54) is 4.90 Å². The summed E-state index contributed by atoms with van der Waals surface area (Å²) < 4.78 is 0. The normalized spacial score (nSPS) is 20.8. The molecule has 0 aromatic heterocycles. The Morgan fingerprint density at radius 1 is 1.35 bits per heavy atom. The zero-order valence-corrected chi connectivity index (χ0v) is 13.6. The summed E-state index contributed by atoms with van der Waals surface area (Å²) in [7, 11) is 0. The number of hydrogen-bond acceptors (Lipinski definition) is 3. The van der Waals surface area contributed by atoms with E-state index in [0.29, 0.717) is 12.5 Å². The second-order valence-electron chi connectivity index (χ2n) is 5.87. The number of carbonyl (C=O) groups excluding carboxylic acids is 1. The minimum Gasteiger partial charge on any atom is -0.306 e. The summed E-state index contributed by atoms with van der Waals surface area (Å²) in [5.74, 6) is 0.811. The molecule has 4 heteroatoms. The number of anilines is 1. The Hall–Kier alpha value is -1.00. The third-order valence-electron chi connectivity index (χ3n) is 3.56. The highest BCUT2D eigenvalue weighted by molar-refractivity contribution is 7.98. The molecule has 20 heavy (non-hydrogen) atoms. The van der Waals surface area contributed by atoms with Crippen LogP contribution in [-0.2, 0) is 4.79 Å². The number of amides is 1. The van der Waals surface area contributed by atoms with Gasteiger partial charge in [0.25, 0.3) is 0 Å². The highest BCUT2D eigenvalue weighted by atomic mass is 32.2. The summed E-state index contributed by atoms with van der Waals surface area (Å²) in [4.78, 5) is 18.0. The maximum atomic E-state index is 12.5. The van der Waals surface area contributed by atoms with E-state index in [4.69, 9.17) is 0 Å². The Morgan fingerprint density at radius 2 is 2.05 bits per heavy atom. The molecule has 1 aliphatic heterocycles. The van der Waals surface area contributed by atoms with Crippen LogP contribution in [0.3, 0.4) is 0 Å². The Bertz CT molecular complexity index is 475. The van der Waals surface area contributed by atoms with Crippen molar-refractivity contribution < 1.29 is 4.79 Å². The average molecular weight is 292 g/mol. The van der Waals surface area contributed by atoms with E-state index in [9.17, 15) is 4.79 Å². The fourth-order valence-corrected chi connectivity index (χ4v) is 3.48.